The largest absolute Gasteiger partial charge is 0.406 e. The summed E-state index contributed by atoms with van der Waals surface area (Å²) in [7, 11) is 0. The Kier molecular flexibility index (Phi) is 6.46. The lowest BCUT2D eigenvalue weighted by Gasteiger charge is -2.27. The van der Waals surface area contributed by atoms with Crippen molar-refractivity contribution in [2.75, 3.05) is 18.0 Å². The van der Waals surface area contributed by atoms with Gasteiger partial charge in [0.25, 0.3) is 0 Å². The number of nitrogens with zero attached hydrogens (tertiary/aromatic N) is 2. The third-order valence-corrected chi connectivity index (χ3v) is 4.13. The zero-order valence-electron chi connectivity index (χ0n) is 13.2. The third kappa shape index (κ3) is 5.47. The fourth-order valence-electron chi connectivity index (χ4n) is 1.95. The van der Waals surface area contributed by atoms with Gasteiger partial charge in [-0.3, -0.25) is 0 Å². The first-order valence-corrected chi connectivity index (χ1v) is 8.01. The van der Waals surface area contributed by atoms with Crippen molar-refractivity contribution < 1.29 is 13.2 Å². The lowest BCUT2D eigenvalue weighted by Crippen LogP contribution is -2.39. The lowest BCUT2D eigenvalue weighted by molar-refractivity contribution is -0.120. The van der Waals surface area contributed by atoms with Crippen molar-refractivity contribution >= 4 is 16.5 Å². The molecule has 1 N–H and O–H groups in total. The van der Waals surface area contributed by atoms with Crippen molar-refractivity contribution in [2.45, 2.75) is 59.3 Å². The first-order chi connectivity index (χ1) is 9.65. The van der Waals surface area contributed by atoms with Crippen LogP contribution in [-0.4, -0.2) is 30.3 Å². The van der Waals surface area contributed by atoms with Crippen LogP contribution in [0.3, 0.4) is 0 Å². The number of hydrogen-bond donors (Lipinski definition) is 1. The van der Waals surface area contributed by atoms with E-state index in [0.717, 1.165) is 17.1 Å². The fourth-order valence-corrected chi connectivity index (χ4v) is 3.27. The van der Waals surface area contributed by atoms with E-state index < -0.39 is 12.7 Å². The molecule has 3 nitrogen and oxygen atoms in total. The molecule has 0 aromatic carbocycles. The summed E-state index contributed by atoms with van der Waals surface area (Å²) in [6.07, 6.45) is -4.23. The van der Waals surface area contributed by atoms with Crippen molar-refractivity contribution in [2.24, 2.45) is 0 Å². The predicted molar refractivity (Wildman–Crippen MR) is 82.1 cm³/mol. The Hall–Kier alpha value is -0.820. The van der Waals surface area contributed by atoms with Gasteiger partial charge in [0.15, 0.2) is 5.13 Å². The highest BCUT2D eigenvalue weighted by Gasteiger charge is 2.33. The average Bonchev–Trinajstić information content (AvgIpc) is 2.76. The van der Waals surface area contributed by atoms with Gasteiger partial charge < -0.3 is 10.2 Å². The van der Waals surface area contributed by atoms with Gasteiger partial charge in [-0.2, -0.15) is 13.2 Å². The van der Waals surface area contributed by atoms with Gasteiger partial charge in [0.05, 0.1) is 5.69 Å². The smallest absolute Gasteiger partial charge is 0.337 e. The molecule has 1 aromatic heterocycles. The van der Waals surface area contributed by atoms with Crippen molar-refractivity contribution in [1.82, 2.24) is 10.3 Å². The standard InChI is InChI=1S/C14H24F3N3S/c1-6-18-7-11-12(9(2)3)19-13(21-11)20(10(4)5)8-14(15,16)17/h9-10,18H,6-8H2,1-5H3. The van der Waals surface area contributed by atoms with E-state index in [4.69, 9.17) is 0 Å². The number of halogens is 3. The summed E-state index contributed by atoms with van der Waals surface area (Å²) in [5.74, 6) is 0.198. The highest BCUT2D eigenvalue weighted by atomic mass is 32.1. The van der Waals surface area contributed by atoms with Crippen LogP contribution in [0.4, 0.5) is 18.3 Å². The van der Waals surface area contributed by atoms with Gasteiger partial charge in [-0.05, 0) is 26.3 Å². The minimum atomic E-state index is -4.23. The van der Waals surface area contributed by atoms with E-state index in [9.17, 15) is 13.2 Å². The molecule has 122 valence electrons. The SMILES string of the molecule is CCNCc1sc(N(CC(F)(F)F)C(C)C)nc1C(C)C. The van der Waals surface area contributed by atoms with E-state index in [-0.39, 0.29) is 12.0 Å². The number of anilines is 1. The minimum absolute atomic E-state index is 0.198. The van der Waals surface area contributed by atoms with Crippen molar-refractivity contribution in [1.29, 1.82) is 0 Å². The maximum Gasteiger partial charge on any atom is 0.406 e. The molecule has 1 heterocycles. The Morgan fingerprint density at radius 2 is 1.86 bits per heavy atom. The summed E-state index contributed by atoms with van der Waals surface area (Å²) < 4.78 is 38.2. The summed E-state index contributed by atoms with van der Waals surface area (Å²) >= 11 is 1.36. The number of alkyl halides is 3. The molecule has 0 amide bonds. The van der Waals surface area contributed by atoms with Crippen LogP contribution in [0.15, 0.2) is 0 Å². The molecule has 0 saturated heterocycles. The molecule has 0 saturated carbocycles. The molecule has 0 aliphatic carbocycles. The van der Waals surface area contributed by atoms with Gasteiger partial charge in [-0.25, -0.2) is 4.98 Å². The van der Waals surface area contributed by atoms with Gasteiger partial charge in [-0.15, -0.1) is 11.3 Å². The quantitative estimate of drug-likeness (QED) is 0.817. The summed E-state index contributed by atoms with van der Waals surface area (Å²) in [6, 6.07) is -0.246. The number of nitrogens with one attached hydrogen (secondary N) is 1. The van der Waals surface area contributed by atoms with Gasteiger partial charge in [-0.1, -0.05) is 20.8 Å². The number of aromatic nitrogens is 1. The second kappa shape index (κ2) is 7.45. The third-order valence-electron chi connectivity index (χ3n) is 3.02. The maximum absolute atomic E-state index is 12.7. The molecule has 0 radical (unpaired) electrons. The number of rotatable bonds is 7. The van der Waals surface area contributed by atoms with Crippen LogP contribution < -0.4 is 10.2 Å². The van der Waals surface area contributed by atoms with Crippen LogP contribution in [0.5, 0.6) is 0 Å². The van der Waals surface area contributed by atoms with Crippen LogP contribution in [0.1, 0.15) is 51.1 Å². The average molecular weight is 323 g/mol. The lowest BCUT2D eigenvalue weighted by atomic mass is 10.1. The van der Waals surface area contributed by atoms with E-state index >= 15 is 0 Å². The van der Waals surface area contributed by atoms with E-state index in [1.54, 1.807) is 13.8 Å². The Balaban J connectivity index is 3.08. The molecule has 0 bridgehead atoms. The van der Waals surface area contributed by atoms with Crippen molar-refractivity contribution in [3.63, 3.8) is 0 Å². The molecule has 7 heteroatoms. The molecule has 0 aliphatic rings. The molecule has 0 atom stereocenters. The van der Waals surface area contributed by atoms with Gasteiger partial charge in [0.2, 0.25) is 0 Å². The van der Waals surface area contributed by atoms with Crippen LogP contribution >= 0.6 is 11.3 Å². The summed E-state index contributed by atoms with van der Waals surface area (Å²) in [5, 5.41) is 3.68. The zero-order chi connectivity index (χ0) is 16.2. The molecule has 0 spiro atoms. The zero-order valence-corrected chi connectivity index (χ0v) is 14.0. The molecule has 0 aliphatic heterocycles. The normalized spacial score (nSPS) is 12.5. The Morgan fingerprint density at radius 1 is 1.24 bits per heavy atom. The first kappa shape index (κ1) is 18.2. The summed E-state index contributed by atoms with van der Waals surface area (Å²) in [5.41, 5.74) is 0.892. The molecule has 1 rings (SSSR count). The molecule has 0 fully saturated rings. The summed E-state index contributed by atoms with van der Waals surface area (Å²) in [4.78, 5) is 6.82. The van der Waals surface area contributed by atoms with Gasteiger partial charge in [0, 0.05) is 17.5 Å². The monoisotopic (exact) mass is 323 g/mol. The van der Waals surface area contributed by atoms with E-state index in [1.165, 1.54) is 16.2 Å². The van der Waals surface area contributed by atoms with E-state index in [1.807, 2.05) is 20.8 Å². The minimum Gasteiger partial charge on any atom is -0.337 e. The second-order valence-corrected chi connectivity index (χ2v) is 6.64. The van der Waals surface area contributed by atoms with Crippen LogP contribution in [-0.2, 0) is 6.54 Å². The molecule has 21 heavy (non-hydrogen) atoms. The molecular weight excluding hydrogens is 299 g/mol. The topological polar surface area (TPSA) is 28.2 Å². The van der Waals surface area contributed by atoms with Crippen molar-refractivity contribution in [3.8, 4) is 0 Å². The fraction of sp³-hybridized carbons (Fsp3) is 0.786. The maximum atomic E-state index is 12.7. The van der Waals surface area contributed by atoms with Gasteiger partial charge in [0.1, 0.15) is 6.54 Å². The predicted octanol–water partition coefficient (Wildman–Crippen LogP) is 4.15. The highest BCUT2D eigenvalue weighted by Crippen LogP contribution is 2.33. The first-order valence-electron chi connectivity index (χ1n) is 7.19. The number of hydrogen-bond acceptors (Lipinski definition) is 4. The van der Waals surface area contributed by atoms with Crippen molar-refractivity contribution in [3.05, 3.63) is 10.6 Å². The van der Waals surface area contributed by atoms with Crippen LogP contribution in [0.25, 0.3) is 0 Å². The summed E-state index contributed by atoms with van der Waals surface area (Å²) in [6.45, 7) is 10.0. The van der Waals surface area contributed by atoms with Crippen LogP contribution in [0.2, 0.25) is 0 Å². The molecular formula is C14H24F3N3S. The Morgan fingerprint density at radius 3 is 2.29 bits per heavy atom. The van der Waals surface area contributed by atoms with E-state index in [2.05, 4.69) is 10.3 Å². The van der Waals surface area contributed by atoms with Crippen LogP contribution in [0, 0.1) is 0 Å². The highest BCUT2D eigenvalue weighted by molar-refractivity contribution is 7.15. The Labute approximate surface area is 128 Å². The molecule has 1 aromatic rings. The van der Waals surface area contributed by atoms with E-state index in [0.29, 0.717) is 11.7 Å². The number of thiazole rings is 1. The van der Waals surface area contributed by atoms with Gasteiger partial charge >= 0.3 is 6.18 Å². The second-order valence-electron chi connectivity index (χ2n) is 5.58. The Bertz CT molecular complexity index is 441. The molecule has 0 unspecified atom stereocenters.